The van der Waals surface area contributed by atoms with E-state index in [1.54, 1.807) is 0 Å². The summed E-state index contributed by atoms with van der Waals surface area (Å²) in [7, 11) is 0. The Bertz CT molecular complexity index is 637. The van der Waals surface area contributed by atoms with Gasteiger partial charge in [-0.15, -0.1) is 11.3 Å². The van der Waals surface area contributed by atoms with Crippen LogP contribution in [0, 0.1) is 6.92 Å². The number of halogens is 4. The largest absolute Gasteiger partial charge is 0.416 e. The number of hydrazone groups is 1. The zero-order valence-corrected chi connectivity index (χ0v) is 12.6. The third-order valence-electron chi connectivity index (χ3n) is 2.31. The maximum absolute atomic E-state index is 12.5. The van der Waals surface area contributed by atoms with Crippen LogP contribution in [-0.2, 0) is 6.18 Å². The van der Waals surface area contributed by atoms with Crippen LogP contribution in [0.5, 0.6) is 0 Å². The molecule has 106 valence electrons. The number of alkyl halides is 3. The lowest BCUT2D eigenvalue weighted by Crippen LogP contribution is -2.05. The Balaban J connectivity index is 2.10. The summed E-state index contributed by atoms with van der Waals surface area (Å²) in [6, 6.07) is 3.39. The van der Waals surface area contributed by atoms with Crippen LogP contribution in [0.4, 0.5) is 18.3 Å². The molecule has 0 aliphatic rings. The maximum atomic E-state index is 12.5. The van der Waals surface area contributed by atoms with Gasteiger partial charge in [-0.1, -0.05) is 22.0 Å². The molecular formula is C12H9BrF3N3S. The molecule has 2 rings (SSSR count). The lowest BCUT2D eigenvalue weighted by atomic mass is 10.1. The summed E-state index contributed by atoms with van der Waals surface area (Å²) in [5.41, 5.74) is 3.43. The van der Waals surface area contributed by atoms with Crippen LogP contribution in [0.3, 0.4) is 0 Å². The minimum atomic E-state index is -4.35. The molecule has 2 aromatic rings. The molecule has 0 atom stereocenters. The number of rotatable bonds is 3. The molecule has 1 heterocycles. The van der Waals surface area contributed by atoms with E-state index in [1.165, 1.54) is 23.6 Å². The highest BCUT2D eigenvalue weighted by atomic mass is 79.9. The van der Waals surface area contributed by atoms with Crippen molar-refractivity contribution in [3.63, 3.8) is 0 Å². The second-order valence-corrected chi connectivity index (χ2v) is 5.61. The second-order valence-electron chi connectivity index (χ2n) is 3.90. The number of thiazole rings is 1. The zero-order chi connectivity index (χ0) is 14.8. The molecule has 3 nitrogen and oxygen atoms in total. The highest BCUT2D eigenvalue weighted by Gasteiger charge is 2.30. The van der Waals surface area contributed by atoms with Crippen molar-refractivity contribution in [1.82, 2.24) is 4.98 Å². The molecule has 0 amide bonds. The Morgan fingerprint density at radius 2 is 2.15 bits per heavy atom. The molecular weight excluding hydrogens is 355 g/mol. The highest BCUT2D eigenvalue weighted by Crippen LogP contribution is 2.31. The smallest absolute Gasteiger partial charge is 0.253 e. The van der Waals surface area contributed by atoms with Crippen molar-refractivity contribution >= 4 is 38.6 Å². The number of hydrogen-bond acceptors (Lipinski definition) is 4. The van der Waals surface area contributed by atoms with Crippen LogP contribution in [0.1, 0.15) is 16.8 Å². The first kappa shape index (κ1) is 15.0. The minimum absolute atomic E-state index is 0.327. The number of anilines is 1. The van der Waals surface area contributed by atoms with E-state index in [-0.39, 0.29) is 0 Å². The Morgan fingerprint density at radius 1 is 1.40 bits per heavy atom. The molecule has 0 bridgehead atoms. The van der Waals surface area contributed by atoms with Gasteiger partial charge in [0.2, 0.25) is 5.13 Å². The van der Waals surface area contributed by atoms with Gasteiger partial charge < -0.3 is 0 Å². The summed E-state index contributed by atoms with van der Waals surface area (Å²) in [5, 5.41) is 6.43. The molecule has 1 aromatic carbocycles. The fraction of sp³-hybridized carbons (Fsp3) is 0.167. The normalized spacial score (nSPS) is 12.1. The standard InChI is InChI=1S/C12H9BrF3N3S/c1-7-6-20-11(18-7)19-17-5-8-2-3-9(4-10(8)13)12(14,15)16/h2-6H,1H3,(H,18,19). The van der Waals surface area contributed by atoms with Crippen LogP contribution < -0.4 is 5.43 Å². The molecule has 0 aliphatic carbocycles. The third kappa shape index (κ3) is 3.80. The van der Waals surface area contributed by atoms with Gasteiger partial charge in [-0.3, -0.25) is 5.43 Å². The average molecular weight is 364 g/mol. The molecule has 1 N–H and O–H groups in total. The van der Waals surface area contributed by atoms with Crippen LogP contribution in [-0.4, -0.2) is 11.2 Å². The fourth-order valence-corrected chi connectivity index (χ4v) is 2.49. The van der Waals surface area contributed by atoms with Gasteiger partial charge in [0.1, 0.15) is 0 Å². The van der Waals surface area contributed by atoms with Crippen molar-refractivity contribution in [2.45, 2.75) is 13.1 Å². The number of hydrogen-bond donors (Lipinski definition) is 1. The van der Waals surface area contributed by atoms with Crippen molar-refractivity contribution in [1.29, 1.82) is 0 Å². The first-order chi connectivity index (χ1) is 9.36. The molecule has 8 heteroatoms. The third-order valence-corrected chi connectivity index (χ3v) is 3.86. The average Bonchev–Trinajstić information content (AvgIpc) is 2.76. The van der Waals surface area contributed by atoms with Gasteiger partial charge in [0, 0.05) is 15.4 Å². The topological polar surface area (TPSA) is 37.3 Å². The summed E-state index contributed by atoms with van der Waals surface area (Å²) in [6.07, 6.45) is -2.92. The van der Waals surface area contributed by atoms with Gasteiger partial charge in [-0.05, 0) is 19.1 Å². The highest BCUT2D eigenvalue weighted by molar-refractivity contribution is 9.10. The van der Waals surface area contributed by atoms with E-state index < -0.39 is 11.7 Å². The zero-order valence-electron chi connectivity index (χ0n) is 10.2. The van der Waals surface area contributed by atoms with Gasteiger partial charge in [0.05, 0.1) is 17.5 Å². The van der Waals surface area contributed by atoms with Gasteiger partial charge in [-0.25, -0.2) is 4.98 Å². The van der Waals surface area contributed by atoms with Crippen molar-refractivity contribution in [3.8, 4) is 0 Å². The van der Waals surface area contributed by atoms with E-state index in [0.29, 0.717) is 15.2 Å². The first-order valence-corrected chi connectivity index (χ1v) is 7.11. The van der Waals surface area contributed by atoms with Gasteiger partial charge in [-0.2, -0.15) is 18.3 Å². The molecule has 0 aliphatic heterocycles. The number of aryl methyl sites for hydroxylation is 1. The van der Waals surface area contributed by atoms with Crippen LogP contribution >= 0.6 is 27.3 Å². The summed E-state index contributed by atoms with van der Waals surface area (Å²) in [4.78, 5) is 4.14. The monoisotopic (exact) mass is 363 g/mol. The predicted octanol–water partition coefficient (Wildman–Crippen LogP) is 4.68. The minimum Gasteiger partial charge on any atom is -0.253 e. The van der Waals surface area contributed by atoms with Crippen LogP contribution in [0.25, 0.3) is 0 Å². The molecule has 0 fully saturated rings. The van der Waals surface area contributed by atoms with Crippen LogP contribution in [0.2, 0.25) is 0 Å². The summed E-state index contributed by atoms with van der Waals surface area (Å²) < 4.78 is 37.8. The summed E-state index contributed by atoms with van der Waals surface area (Å²) in [6.45, 7) is 1.86. The summed E-state index contributed by atoms with van der Waals surface area (Å²) in [5.74, 6) is 0. The van der Waals surface area contributed by atoms with Crippen molar-refractivity contribution in [2.75, 3.05) is 5.43 Å². The van der Waals surface area contributed by atoms with E-state index in [2.05, 4.69) is 31.4 Å². The van der Waals surface area contributed by atoms with E-state index in [0.717, 1.165) is 17.8 Å². The molecule has 0 spiro atoms. The van der Waals surface area contributed by atoms with Crippen molar-refractivity contribution < 1.29 is 13.2 Å². The lowest BCUT2D eigenvalue weighted by Gasteiger charge is -2.07. The molecule has 0 radical (unpaired) electrons. The Kier molecular flexibility index (Phi) is 4.44. The van der Waals surface area contributed by atoms with Crippen molar-refractivity contribution in [2.24, 2.45) is 5.10 Å². The fourth-order valence-electron chi connectivity index (χ4n) is 1.37. The van der Waals surface area contributed by atoms with Crippen LogP contribution in [0.15, 0.2) is 33.2 Å². The molecule has 0 saturated heterocycles. The SMILES string of the molecule is Cc1csc(NN=Cc2ccc(C(F)(F)F)cc2Br)n1. The van der Waals surface area contributed by atoms with E-state index >= 15 is 0 Å². The number of nitrogens with one attached hydrogen (secondary N) is 1. The lowest BCUT2D eigenvalue weighted by molar-refractivity contribution is -0.137. The van der Waals surface area contributed by atoms with E-state index in [9.17, 15) is 13.2 Å². The molecule has 0 unspecified atom stereocenters. The van der Waals surface area contributed by atoms with Gasteiger partial charge in [0.25, 0.3) is 0 Å². The number of nitrogens with zero attached hydrogens (tertiary/aromatic N) is 2. The van der Waals surface area contributed by atoms with Crippen molar-refractivity contribution in [3.05, 3.63) is 44.9 Å². The Labute approximate surface area is 125 Å². The Hall–Kier alpha value is -1.41. The number of benzene rings is 1. The number of aromatic nitrogens is 1. The molecule has 20 heavy (non-hydrogen) atoms. The predicted molar refractivity (Wildman–Crippen MR) is 77.2 cm³/mol. The quantitative estimate of drug-likeness (QED) is 0.634. The second kappa shape index (κ2) is 5.92. The Morgan fingerprint density at radius 3 is 2.70 bits per heavy atom. The maximum Gasteiger partial charge on any atom is 0.416 e. The van der Waals surface area contributed by atoms with E-state index in [1.807, 2.05) is 12.3 Å². The van der Waals surface area contributed by atoms with E-state index in [4.69, 9.17) is 0 Å². The first-order valence-electron chi connectivity index (χ1n) is 5.44. The summed E-state index contributed by atoms with van der Waals surface area (Å²) >= 11 is 4.50. The molecule has 0 saturated carbocycles. The van der Waals surface area contributed by atoms with Gasteiger partial charge >= 0.3 is 6.18 Å². The van der Waals surface area contributed by atoms with Gasteiger partial charge in [0.15, 0.2) is 0 Å². The molecule has 1 aromatic heterocycles.